The zero-order valence-corrected chi connectivity index (χ0v) is 11.7. The highest BCUT2D eigenvalue weighted by Crippen LogP contribution is 2.48. The molecule has 0 amide bonds. The van der Waals surface area contributed by atoms with E-state index in [0.29, 0.717) is 11.5 Å². The second-order valence-electron chi connectivity index (χ2n) is 5.44. The minimum atomic E-state index is 0.293. The SMILES string of the molecule is CCNC(c1ncccc1OC)C1(C)CCCC1. The molecule has 0 bridgehead atoms. The van der Waals surface area contributed by atoms with Gasteiger partial charge in [0.1, 0.15) is 5.75 Å². The van der Waals surface area contributed by atoms with Gasteiger partial charge in [0.05, 0.1) is 18.8 Å². The molecule has 1 aliphatic carbocycles. The van der Waals surface area contributed by atoms with Crippen molar-refractivity contribution in [2.45, 2.75) is 45.6 Å². The van der Waals surface area contributed by atoms with Crippen LogP contribution in [0.5, 0.6) is 5.75 Å². The molecule has 1 N–H and O–H groups in total. The van der Waals surface area contributed by atoms with Crippen LogP contribution in [0, 0.1) is 5.41 Å². The highest BCUT2D eigenvalue weighted by Gasteiger charge is 2.39. The maximum Gasteiger partial charge on any atom is 0.142 e. The van der Waals surface area contributed by atoms with Gasteiger partial charge in [-0.15, -0.1) is 0 Å². The van der Waals surface area contributed by atoms with Gasteiger partial charge in [-0.05, 0) is 36.9 Å². The Morgan fingerprint density at radius 3 is 2.78 bits per heavy atom. The second kappa shape index (κ2) is 5.70. The summed E-state index contributed by atoms with van der Waals surface area (Å²) in [5.74, 6) is 0.900. The Morgan fingerprint density at radius 2 is 2.17 bits per heavy atom. The maximum atomic E-state index is 5.47. The van der Waals surface area contributed by atoms with Gasteiger partial charge in [0.15, 0.2) is 0 Å². The van der Waals surface area contributed by atoms with Crippen LogP contribution in [0.25, 0.3) is 0 Å². The van der Waals surface area contributed by atoms with E-state index in [4.69, 9.17) is 4.74 Å². The van der Waals surface area contributed by atoms with Crippen molar-refractivity contribution in [1.82, 2.24) is 10.3 Å². The highest BCUT2D eigenvalue weighted by molar-refractivity contribution is 5.31. The second-order valence-corrected chi connectivity index (χ2v) is 5.44. The van der Waals surface area contributed by atoms with E-state index in [1.54, 1.807) is 7.11 Å². The normalized spacial score (nSPS) is 19.7. The van der Waals surface area contributed by atoms with Gasteiger partial charge in [-0.3, -0.25) is 4.98 Å². The van der Waals surface area contributed by atoms with Gasteiger partial charge in [0.25, 0.3) is 0 Å². The van der Waals surface area contributed by atoms with E-state index in [-0.39, 0.29) is 0 Å². The number of hydrogen-bond acceptors (Lipinski definition) is 3. The zero-order chi connectivity index (χ0) is 13.0. The average Bonchev–Trinajstić information content (AvgIpc) is 2.84. The third kappa shape index (κ3) is 2.51. The summed E-state index contributed by atoms with van der Waals surface area (Å²) < 4.78 is 5.47. The van der Waals surface area contributed by atoms with E-state index in [9.17, 15) is 0 Å². The summed E-state index contributed by atoms with van der Waals surface area (Å²) in [6.45, 7) is 5.49. The lowest BCUT2D eigenvalue weighted by molar-refractivity contribution is 0.216. The minimum Gasteiger partial charge on any atom is -0.495 e. The third-order valence-electron chi connectivity index (χ3n) is 4.14. The zero-order valence-electron chi connectivity index (χ0n) is 11.7. The lowest BCUT2D eigenvalue weighted by Crippen LogP contribution is -2.35. The minimum absolute atomic E-state index is 0.293. The number of methoxy groups -OCH3 is 1. The molecule has 1 aromatic heterocycles. The van der Waals surface area contributed by atoms with Gasteiger partial charge >= 0.3 is 0 Å². The van der Waals surface area contributed by atoms with Crippen LogP contribution in [-0.4, -0.2) is 18.6 Å². The fourth-order valence-electron chi connectivity index (χ4n) is 3.14. The van der Waals surface area contributed by atoms with Crippen molar-refractivity contribution in [1.29, 1.82) is 0 Å². The molecule has 0 aliphatic heterocycles. The van der Waals surface area contributed by atoms with Crippen molar-refractivity contribution in [2.75, 3.05) is 13.7 Å². The first-order chi connectivity index (χ1) is 8.71. The van der Waals surface area contributed by atoms with E-state index in [0.717, 1.165) is 18.0 Å². The van der Waals surface area contributed by atoms with Crippen molar-refractivity contribution in [2.24, 2.45) is 5.41 Å². The lowest BCUT2D eigenvalue weighted by atomic mass is 9.78. The summed E-state index contributed by atoms with van der Waals surface area (Å²) in [7, 11) is 1.72. The van der Waals surface area contributed by atoms with Crippen molar-refractivity contribution in [3.05, 3.63) is 24.0 Å². The number of nitrogens with zero attached hydrogens (tertiary/aromatic N) is 1. The largest absolute Gasteiger partial charge is 0.495 e. The first-order valence-corrected chi connectivity index (χ1v) is 6.93. The number of ether oxygens (including phenoxy) is 1. The molecule has 0 aromatic carbocycles. The number of hydrogen-bond donors (Lipinski definition) is 1. The molecule has 2 rings (SSSR count). The molecule has 1 atom stereocenters. The quantitative estimate of drug-likeness (QED) is 0.868. The van der Waals surface area contributed by atoms with Crippen LogP contribution in [0.4, 0.5) is 0 Å². The van der Waals surface area contributed by atoms with E-state index < -0.39 is 0 Å². The molecule has 1 aliphatic rings. The summed E-state index contributed by atoms with van der Waals surface area (Å²) in [4.78, 5) is 4.57. The molecule has 1 saturated carbocycles. The molecule has 0 spiro atoms. The van der Waals surface area contributed by atoms with Crippen LogP contribution >= 0.6 is 0 Å². The van der Waals surface area contributed by atoms with Gasteiger partial charge in [-0.1, -0.05) is 26.7 Å². The maximum absolute atomic E-state index is 5.47. The average molecular weight is 248 g/mol. The summed E-state index contributed by atoms with van der Waals surface area (Å²) in [6, 6.07) is 4.23. The lowest BCUT2D eigenvalue weighted by Gasteiger charge is -2.35. The summed E-state index contributed by atoms with van der Waals surface area (Å²) in [6.07, 6.45) is 7.05. The van der Waals surface area contributed by atoms with Crippen molar-refractivity contribution in [3.8, 4) is 5.75 Å². The molecule has 1 unspecified atom stereocenters. The summed E-state index contributed by atoms with van der Waals surface area (Å²) in [5.41, 5.74) is 1.36. The molecule has 1 heterocycles. The van der Waals surface area contributed by atoms with Crippen LogP contribution in [0.3, 0.4) is 0 Å². The number of rotatable bonds is 5. The highest BCUT2D eigenvalue weighted by atomic mass is 16.5. The van der Waals surface area contributed by atoms with Crippen LogP contribution in [0.1, 0.15) is 51.3 Å². The van der Waals surface area contributed by atoms with E-state index in [2.05, 4.69) is 24.1 Å². The molecule has 3 nitrogen and oxygen atoms in total. The smallest absolute Gasteiger partial charge is 0.142 e. The van der Waals surface area contributed by atoms with Crippen molar-refractivity contribution in [3.63, 3.8) is 0 Å². The fourth-order valence-corrected chi connectivity index (χ4v) is 3.14. The van der Waals surface area contributed by atoms with Crippen LogP contribution in [-0.2, 0) is 0 Å². The van der Waals surface area contributed by atoms with E-state index in [1.807, 2.05) is 18.3 Å². The van der Waals surface area contributed by atoms with Crippen molar-refractivity contribution >= 4 is 0 Å². The standard InChI is InChI=1S/C15H24N2O/c1-4-16-14(15(2)9-5-6-10-15)13-12(18-3)8-7-11-17-13/h7-8,11,14,16H,4-6,9-10H2,1-3H3. The molecule has 100 valence electrons. The van der Waals surface area contributed by atoms with Gasteiger partial charge in [0.2, 0.25) is 0 Å². The Hall–Kier alpha value is -1.09. The van der Waals surface area contributed by atoms with E-state index in [1.165, 1.54) is 25.7 Å². The van der Waals surface area contributed by atoms with Gasteiger partial charge in [-0.25, -0.2) is 0 Å². The Morgan fingerprint density at radius 1 is 1.44 bits per heavy atom. The van der Waals surface area contributed by atoms with Gasteiger partial charge in [-0.2, -0.15) is 0 Å². The monoisotopic (exact) mass is 248 g/mol. The molecule has 0 saturated heterocycles. The summed E-state index contributed by atoms with van der Waals surface area (Å²) >= 11 is 0. The van der Waals surface area contributed by atoms with E-state index >= 15 is 0 Å². The number of pyridine rings is 1. The topological polar surface area (TPSA) is 34.2 Å². The molecule has 18 heavy (non-hydrogen) atoms. The molecule has 1 aromatic rings. The van der Waals surface area contributed by atoms with Crippen molar-refractivity contribution < 1.29 is 4.74 Å². The van der Waals surface area contributed by atoms with Crippen LogP contribution in [0.2, 0.25) is 0 Å². The Balaban J connectivity index is 2.34. The number of nitrogens with one attached hydrogen (secondary N) is 1. The first kappa shape index (κ1) is 13.3. The summed E-state index contributed by atoms with van der Waals surface area (Å²) in [5, 5.41) is 3.61. The predicted octanol–water partition coefficient (Wildman–Crippen LogP) is 3.32. The van der Waals surface area contributed by atoms with Gasteiger partial charge < -0.3 is 10.1 Å². The predicted molar refractivity (Wildman–Crippen MR) is 73.8 cm³/mol. The Labute approximate surface area is 110 Å². The fraction of sp³-hybridized carbons (Fsp3) is 0.667. The molecule has 1 fully saturated rings. The third-order valence-corrected chi connectivity index (χ3v) is 4.14. The van der Waals surface area contributed by atoms with Crippen LogP contribution < -0.4 is 10.1 Å². The van der Waals surface area contributed by atoms with Gasteiger partial charge in [0, 0.05) is 6.20 Å². The first-order valence-electron chi connectivity index (χ1n) is 6.93. The molecule has 3 heteroatoms. The van der Waals surface area contributed by atoms with Crippen LogP contribution in [0.15, 0.2) is 18.3 Å². The molecule has 0 radical (unpaired) electrons. The molecular weight excluding hydrogens is 224 g/mol. The Kier molecular flexibility index (Phi) is 4.23. The Bertz CT molecular complexity index is 386. The number of aromatic nitrogens is 1. The molecular formula is C15H24N2O.